The van der Waals surface area contributed by atoms with Crippen molar-refractivity contribution in [1.82, 2.24) is 10.2 Å². The summed E-state index contributed by atoms with van der Waals surface area (Å²) in [6, 6.07) is 0.102. The summed E-state index contributed by atoms with van der Waals surface area (Å²) in [5, 5.41) is 2.92. The largest absolute Gasteiger partial charge is 0.353 e. The van der Waals surface area contributed by atoms with Gasteiger partial charge >= 0.3 is 0 Å². The number of hydrogen-bond donors (Lipinski definition) is 2. The molecule has 1 saturated heterocycles. The number of likely N-dealkylation sites (tertiary alicyclic amines) is 1. The second kappa shape index (κ2) is 6.21. The molecule has 1 amide bonds. The first-order valence-electron chi connectivity index (χ1n) is 6.28. The van der Waals surface area contributed by atoms with Crippen molar-refractivity contribution in [3.05, 3.63) is 0 Å². The van der Waals surface area contributed by atoms with Crippen LogP contribution in [0.15, 0.2) is 0 Å². The van der Waals surface area contributed by atoms with E-state index in [1.165, 1.54) is 12.8 Å². The first kappa shape index (κ1) is 13.5. The lowest BCUT2D eigenvalue weighted by Crippen LogP contribution is -2.45. The Kier molecular flexibility index (Phi) is 5.22. The van der Waals surface area contributed by atoms with Crippen LogP contribution in [0.3, 0.4) is 0 Å². The smallest absolute Gasteiger partial charge is 0.236 e. The average molecular weight is 227 g/mol. The van der Waals surface area contributed by atoms with Crippen LogP contribution >= 0.6 is 0 Å². The summed E-state index contributed by atoms with van der Waals surface area (Å²) < 4.78 is 0. The standard InChI is InChI=1S/C12H25N3O/c1-9(2)8-15-6-4-5-11(15)7-14-12(16)10(3)13/h9-11H,4-8,13H2,1-3H3,(H,14,16)/t10-,11-/m1/s1. The second-order valence-electron chi connectivity index (χ2n) is 5.22. The van der Waals surface area contributed by atoms with Crippen LogP contribution in [-0.4, -0.2) is 42.5 Å². The summed E-state index contributed by atoms with van der Waals surface area (Å²) in [4.78, 5) is 13.9. The maximum Gasteiger partial charge on any atom is 0.236 e. The van der Waals surface area contributed by atoms with Crippen molar-refractivity contribution in [1.29, 1.82) is 0 Å². The molecule has 3 N–H and O–H groups in total. The lowest BCUT2D eigenvalue weighted by molar-refractivity contribution is -0.122. The van der Waals surface area contributed by atoms with Gasteiger partial charge in [0, 0.05) is 19.1 Å². The molecule has 16 heavy (non-hydrogen) atoms. The highest BCUT2D eigenvalue weighted by Crippen LogP contribution is 2.17. The van der Waals surface area contributed by atoms with Gasteiger partial charge in [0.15, 0.2) is 0 Å². The highest BCUT2D eigenvalue weighted by Gasteiger charge is 2.25. The van der Waals surface area contributed by atoms with Gasteiger partial charge in [0.05, 0.1) is 6.04 Å². The van der Waals surface area contributed by atoms with Crippen LogP contribution < -0.4 is 11.1 Å². The fourth-order valence-electron chi connectivity index (χ4n) is 2.22. The van der Waals surface area contributed by atoms with Gasteiger partial charge in [-0.3, -0.25) is 9.69 Å². The molecular formula is C12H25N3O. The minimum atomic E-state index is -0.403. The number of nitrogens with two attached hydrogens (primary N) is 1. The molecule has 1 rings (SSSR count). The maximum atomic E-state index is 11.4. The van der Waals surface area contributed by atoms with Gasteiger partial charge in [-0.25, -0.2) is 0 Å². The summed E-state index contributed by atoms with van der Waals surface area (Å²) in [5.74, 6) is 0.640. The summed E-state index contributed by atoms with van der Waals surface area (Å²) in [7, 11) is 0. The van der Waals surface area contributed by atoms with Crippen molar-refractivity contribution in [2.24, 2.45) is 11.7 Å². The number of amides is 1. The Morgan fingerprint density at radius 1 is 1.50 bits per heavy atom. The van der Waals surface area contributed by atoms with Crippen molar-refractivity contribution < 1.29 is 4.79 Å². The molecule has 0 aromatic heterocycles. The minimum absolute atomic E-state index is 0.0450. The number of hydrogen-bond acceptors (Lipinski definition) is 3. The molecule has 1 aliphatic heterocycles. The average Bonchev–Trinajstić information content (AvgIpc) is 2.60. The molecule has 0 bridgehead atoms. The van der Waals surface area contributed by atoms with E-state index in [1.54, 1.807) is 6.92 Å². The molecule has 1 heterocycles. The quantitative estimate of drug-likeness (QED) is 0.722. The van der Waals surface area contributed by atoms with Crippen molar-refractivity contribution in [2.75, 3.05) is 19.6 Å². The lowest BCUT2D eigenvalue weighted by atomic mass is 10.1. The molecule has 0 aliphatic carbocycles. The summed E-state index contributed by atoms with van der Waals surface area (Å²) >= 11 is 0. The highest BCUT2D eigenvalue weighted by atomic mass is 16.2. The Labute approximate surface area is 98.6 Å². The third-order valence-corrected chi connectivity index (χ3v) is 3.02. The lowest BCUT2D eigenvalue weighted by Gasteiger charge is -2.26. The zero-order chi connectivity index (χ0) is 12.1. The molecule has 1 aliphatic rings. The van der Waals surface area contributed by atoms with E-state index in [2.05, 4.69) is 24.1 Å². The van der Waals surface area contributed by atoms with Gasteiger partial charge in [-0.2, -0.15) is 0 Å². The number of nitrogens with one attached hydrogen (secondary N) is 1. The van der Waals surface area contributed by atoms with Gasteiger partial charge in [-0.15, -0.1) is 0 Å². The van der Waals surface area contributed by atoms with E-state index in [-0.39, 0.29) is 5.91 Å². The maximum absolute atomic E-state index is 11.4. The van der Waals surface area contributed by atoms with E-state index in [0.29, 0.717) is 12.0 Å². The predicted molar refractivity (Wildman–Crippen MR) is 66.1 cm³/mol. The highest BCUT2D eigenvalue weighted by molar-refractivity contribution is 5.80. The molecule has 2 atom stereocenters. The molecule has 0 radical (unpaired) electrons. The van der Waals surface area contributed by atoms with E-state index < -0.39 is 6.04 Å². The zero-order valence-electron chi connectivity index (χ0n) is 10.7. The van der Waals surface area contributed by atoms with Gasteiger partial charge in [0.25, 0.3) is 0 Å². The molecule has 94 valence electrons. The van der Waals surface area contributed by atoms with Gasteiger partial charge in [-0.1, -0.05) is 13.8 Å². The summed E-state index contributed by atoms with van der Waals surface area (Å²) in [6.07, 6.45) is 2.43. The van der Waals surface area contributed by atoms with Gasteiger partial charge in [0.1, 0.15) is 0 Å². The van der Waals surface area contributed by atoms with Crippen molar-refractivity contribution in [2.45, 2.75) is 45.7 Å². The molecule has 0 aromatic carbocycles. The molecule has 1 fully saturated rings. The second-order valence-corrected chi connectivity index (χ2v) is 5.22. The minimum Gasteiger partial charge on any atom is -0.353 e. The molecule has 0 unspecified atom stereocenters. The number of carbonyl (C=O) groups is 1. The van der Waals surface area contributed by atoms with Crippen LogP contribution in [0.2, 0.25) is 0 Å². The monoisotopic (exact) mass is 227 g/mol. The summed E-state index contributed by atoms with van der Waals surface area (Å²) in [6.45, 7) is 9.21. The first-order chi connectivity index (χ1) is 7.50. The van der Waals surface area contributed by atoms with Crippen LogP contribution in [0.5, 0.6) is 0 Å². The number of carbonyl (C=O) groups excluding carboxylic acids is 1. The normalized spacial score (nSPS) is 23.7. The summed E-state index contributed by atoms with van der Waals surface area (Å²) in [5.41, 5.74) is 5.51. The SMILES string of the molecule is CC(C)CN1CCC[C@@H]1CNC(=O)[C@@H](C)N. The fourth-order valence-corrected chi connectivity index (χ4v) is 2.22. The third-order valence-electron chi connectivity index (χ3n) is 3.02. The number of nitrogens with zero attached hydrogens (tertiary/aromatic N) is 1. The molecule has 0 aromatic rings. The number of rotatable bonds is 5. The first-order valence-corrected chi connectivity index (χ1v) is 6.28. The van der Waals surface area contributed by atoms with Crippen LogP contribution in [0.25, 0.3) is 0 Å². The van der Waals surface area contributed by atoms with E-state index in [4.69, 9.17) is 5.73 Å². The van der Waals surface area contributed by atoms with E-state index in [1.807, 2.05) is 0 Å². The van der Waals surface area contributed by atoms with Crippen molar-refractivity contribution in [3.8, 4) is 0 Å². The van der Waals surface area contributed by atoms with Gasteiger partial charge < -0.3 is 11.1 Å². The fraction of sp³-hybridized carbons (Fsp3) is 0.917. The Bertz CT molecular complexity index is 228. The third kappa shape index (κ3) is 4.10. The molecule has 0 spiro atoms. The van der Waals surface area contributed by atoms with Crippen LogP contribution in [0.1, 0.15) is 33.6 Å². The van der Waals surface area contributed by atoms with Crippen molar-refractivity contribution >= 4 is 5.91 Å². The molecule has 0 saturated carbocycles. The van der Waals surface area contributed by atoms with E-state index >= 15 is 0 Å². The zero-order valence-corrected chi connectivity index (χ0v) is 10.7. The van der Waals surface area contributed by atoms with Gasteiger partial charge in [-0.05, 0) is 32.2 Å². The molecule has 4 nitrogen and oxygen atoms in total. The van der Waals surface area contributed by atoms with Crippen LogP contribution in [0, 0.1) is 5.92 Å². The molecular weight excluding hydrogens is 202 g/mol. The van der Waals surface area contributed by atoms with E-state index in [0.717, 1.165) is 19.6 Å². The van der Waals surface area contributed by atoms with Gasteiger partial charge in [0.2, 0.25) is 5.91 Å². The molecule has 4 heteroatoms. The Morgan fingerprint density at radius 2 is 2.19 bits per heavy atom. The van der Waals surface area contributed by atoms with Crippen LogP contribution in [-0.2, 0) is 4.79 Å². The van der Waals surface area contributed by atoms with E-state index in [9.17, 15) is 4.79 Å². The Morgan fingerprint density at radius 3 is 2.75 bits per heavy atom. The predicted octanol–water partition coefficient (Wildman–Crippen LogP) is 0.570. The Balaban J connectivity index is 2.32. The Hall–Kier alpha value is -0.610. The van der Waals surface area contributed by atoms with Crippen LogP contribution in [0.4, 0.5) is 0 Å². The van der Waals surface area contributed by atoms with Crippen molar-refractivity contribution in [3.63, 3.8) is 0 Å². The topological polar surface area (TPSA) is 58.4 Å².